The van der Waals surface area contributed by atoms with Crippen LogP contribution in [0.4, 0.5) is 4.79 Å². The molecule has 0 aromatic heterocycles. The van der Waals surface area contributed by atoms with Crippen molar-refractivity contribution in [2.45, 2.75) is 38.2 Å². The lowest BCUT2D eigenvalue weighted by atomic mass is 9.94. The van der Waals surface area contributed by atoms with Gasteiger partial charge < -0.3 is 19.7 Å². The highest BCUT2D eigenvalue weighted by molar-refractivity contribution is 5.74. The number of hydrogen-bond donors (Lipinski definition) is 1. The fourth-order valence-electron chi connectivity index (χ4n) is 3.40. The highest BCUT2D eigenvalue weighted by atomic mass is 16.5. The summed E-state index contributed by atoms with van der Waals surface area (Å²) in [5, 5.41) is 3.01. The van der Waals surface area contributed by atoms with E-state index in [1.54, 1.807) is 0 Å². The minimum atomic E-state index is 0.0597. The van der Waals surface area contributed by atoms with Crippen LogP contribution in [0.2, 0.25) is 0 Å². The van der Waals surface area contributed by atoms with E-state index in [2.05, 4.69) is 5.32 Å². The van der Waals surface area contributed by atoms with E-state index in [4.69, 9.17) is 9.47 Å². The Balaban J connectivity index is 1.29. The average molecular weight is 332 g/mol. The molecule has 2 fully saturated rings. The molecule has 132 valence electrons. The van der Waals surface area contributed by atoms with Crippen molar-refractivity contribution in [1.82, 2.24) is 10.2 Å². The van der Waals surface area contributed by atoms with Gasteiger partial charge in [0.05, 0.1) is 12.7 Å². The fourth-order valence-corrected chi connectivity index (χ4v) is 3.40. The molecule has 2 amide bonds. The summed E-state index contributed by atoms with van der Waals surface area (Å²) in [6.45, 7) is 3.90. The van der Waals surface area contributed by atoms with E-state index in [-0.39, 0.29) is 12.1 Å². The number of rotatable bonds is 6. The zero-order valence-corrected chi connectivity index (χ0v) is 14.3. The predicted molar refractivity (Wildman–Crippen MR) is 93.2 cm³/mol. The Morgan fingerprint density at radius 1 is 1.21 bits per heavy atom. The Morgan fingerprint density at radius 3 is 2.71 bits per heavy atom. The molecule has 24 heavy (non-hydrogen) atoms. The molecule has 0 spiro atoms. The lowest BCUT2D eigenvalue weighted by Gasteiger charge is -2.32. The van der Waals surface area contributed by atoms with E-state index in [0.717, 1.165) is 64.2 Å². The van der Waals surface area contributed by atoms with Gasteiger partial charge >= 0.3 is 6.03 Å². The van der Waals surface area contributed by atoms with Crippen molar-refractivity contribution in [3.63, 3.8) is 0 Å². The third kappa shape index (κ3) is 5.13. The van der Waals surface area contributed by atoms with Crippen LogP contribution >= 0.6 is 0 Å². The van der Waals surface area contributed by atoms with Crippen molar-refractivity contribution in [2.24, 2.45) is 5.92 Å². The largest absolute Gasteiger partial charge is 0.494 e. The lowest BCUT2D eigenvalue weighted by Crippen LogP contribution is -2.46. The first-order valence-electron chi connectivity index (χ1n) is 9.13. The van der Waals surface area contributed by atoms with Crippen LogP contribution in [0.15, 0.2) is 30.3 Å². The van der Waals surface area contributed by atoms with E-state index in [9.17, 15) is 4.79 Å². The molecule has 2 saturated heterocycles. The minimum absolute atomic E-state index is 0.0597. The lowest BCUT2D eigenvalue weighted by molar-refractivity contribution is 0.106. The van der Waals surface area contributed by atoms with Gasteiger partial charge in [-0.2, -0.15) is 0 Å². The van der Waals surface area contributed by atoms with Gasteiger partial charge in [0, 0.05) is 26.2 Å². The number of nitrogens with zero attached hydrogens (tertiary/aromatic N) is 1. The average Bonchev–Trinajstić information content (AvgIpc) is 3.15. The molecule has 0 radical (unpaired) electrons. The van der Waals surface area contributed by atoms with Gasteiger partial charge in [0.2, 0.25) is 0 Å². The standard InChI is InChI=1S/C19H28N2O3/c22-19(20-15-18-7-4-13-23-18)21-11-8-16(9-12-21)10-14-24-17-5-2-1-3-6-17/h1-3,5-6,16,18H,4,7-15H2,(H,20,22)/t18-/m1/s1. The first kappa shape index (κ1) is 17.1. The third-order valence-electron chi connectivity index (χ3n) is 4.94. The van der Waals surface area contributed by atoms with Crippen LogP contribution in [0.25, 0.3) is 0 Å². The van der Waals surface area contributed by atoms with Gasteiger partial charge in [-0.3, -0.25) is 0 Å². The van der Waals surface area contributed by atoms with Crippen molar-refractivity contribution in [3.05, 3.63) is 30.3 Å². The summed E-state index contributed by atoms with van der Waals surface area (Å²) in [6, 6.07) is 10.0. The first-order valence-corrected chi connectivity index (χ1v) is 9.13. The summed E-state index contributed by atoms with van der Waals surface area (Å²) in [5.41, 5.74) is 0. The van der Waals surface area contributed by atoms with E-state index < -0.39 is 0 Å². The van der Waals surface area contributed by atoms with Crippen LogP contribution in [0, 0.1) is 5.92 Å². The maximum Gasteiger partial charge on any atom is 0.317 e. The molecular formula is C19H28N2O3. The van der Waals surface area contributed by atoms with Crippen molar-refractivity contribution in [1.29, 1.82) is 0 Å². The molecule has 0 saturated carbocycles. The van der Waals surface area contributed by atoms with E-state index in [1.807, 2.05) is 35.2 Å². The zero-order valence-electron chi connectivity index (χ0n) is 14.3. The Bertz CT molecular complexity index is 495. The number of para-hydroxylation sites is 1. The summed E-state index contributed by atoms with van der Waals surface area (Å²) in [7, 11) is 0. The second-order valence-corrected chi connectivity index (χ2v) is 6.70. The van der Waals surface area contributed by atoms with Gasteiger partial charge in [-0.15, -0.1) is 0 Å². The van der Waals surface area contributed by atoms with Crippen molar-refractivity contribution < 1.29 is 14.3 Å². The van der Waals surface area contributed by atoms with Gasteiger partial charge in [-0.25, -0.2) is 4.79 Å². The predicted octanol–water partition coefficient (Wildman–Crippen LogP) is 3.06. The Hall–Kier alpha value is -1.75. The van der Waals surface area contributed by atoms with Crippen LogP contribution in [-0.4, -0.2) is 49.9 Å². The molecule has 0 bridgehead atoms. The molecule has 2 heterocycles. The molecule has 3 rings (SSSR count). The normalized spacial score (nSPS) is 21.7. The van der Waals surface area contributed by atoms with Gasteiger partial charge in [0.25, 0.3) is 0 Å². The van der Waals surface area contributed by atoms with Gasteiger partial charge in [0.15, 0.2) is 0 Å². The summed E-state index contributed by atoms with van der Waals surface area (Å²) >= 11 is 0. The second-order valence-electron chi connectivity index (χ2n) is 6.70. The monoisotopic (exact) mass is 332 g/mol. The number of nitrogens with one attached hydrogen (secondary N) is 1. The number of piperidine rings is 1. The number of carbonyl (C=O) groups is 1. The molecule has 2 aliphatic heterocycles. The molecule has 1 atom stereocenters. The van der Waals surface area contributed by atoms with Crippen molar-refractivity contribution >= 4 is 6.03 Å². The number of ether oxygens (including phenoxy) is 2. The summed E-state index contributed by atoms with van der Waals surface area (Å²) in [5.74, 6) is 1.58. The first-order chi connectivity index (χ1) is 11.8. The van der Waals surface area contributed by atoms with Crippen molar-refractivity contribution in [3.8, 4) is 5.75 Å². The Morgan fingerprint density at radius 2 is 2.00 bits per heavy atom. The number of benzene rings is 1. The molecule has 0 unspecified atom stereocenters. The third-order valence-corrected chi connectivity index (χ3v) is 4.94. The number of amides is 2. The van der Waals surface area contributed by atoms with E-state index >= 15 is 0 Å². The van der Waals surface area contributed by atoms with Crippen molar-refractivity contribution in [2.75, 3.05) is 32.8 Å². The van der Waals surface area contributed by atoms with E-state index in [1.165, 1.54) is 0 Å². The summed E-state index contributed by atoms with van der Waals surface area (Å²) in [6.07, 6.45) is 5.56. The molecule has 5 heteroatoms. The zero-order chi connectivity index (χ0) is 16.6. The molecular weight excluding hydrogens is 304 g/mol. The van der Waals surface area contributed by atoms with E-state index in [0.29, 0.717) is 12.5 Å². The molecule has 0 aliphatic carbocycles. The fraction of sp³-hybridized carbons (Fsp3) is 0.632. The molecule has 2 aliphatic rings. The number of hydrogen-bond acceptors (Lipinski definition) is 3. The summed E-state index contributed by atoms with van der Waals surface area (Å²) in [4.78, 5) is 14.1. The van der Waals surface area contributed by atoms with Gasteiger partial charge in [-0.1, -0.05) is 18.2 Å². The molecule has 1 N–H and O–H groups in total. The van der Waals surface area contributed by atoms with Crippen LogP contribution < -0.4 is 10.1 Å². The summed E-state index contributed by atoms with van der Waals surface area (Å²) < 4.78 is 11.3. The molecule has 5 nitrogen and oxygen atoms in total. The maximum absolute atomic E-state index is 12.2. The Labute approximate surface area is 144 Å². The maximum atomic E-state index is 12.2. The molecule has 1 aromatic carbocycles. The van der Waals surface area contributed by atoms with Gasteiger partial charge in [-0.05, 0) is 50.2 Å². The number of likely N-dealkylation sites (tertiary alicyclic amines) is 1. The van der Waals surface area contributed by atoms with Crippen LogP contribution in [0.5, 0.6) is 5.75 Å². The highest BCUT2D eigenvalue weighted by Gasteiger charge is 2.24. The molecule has 1 aromatic rings. The second kappa shape index (κ2) is 8.92. The van der Waals surface area contributed by atoms with Crippen LogP contribution in [0.3, 0.4) is 0 Å². The van der Waals surface area contributed by atoms with Crippen LogP contribution in [-0.2, 0) is 4.74 Å². The van der Waals surface area contributed by atoms with Crippen LogP contribution in [0.1, 0.15) is 32.1 Å². The number of urea groups is 1. The highest BCUT2D eigenvalue weighted by Crippen LogP contribution is 2.21. The van der Waals surface area contributed by atoms with Gasteiger partial charge in [0.1, 0.15) is 5.75 Å². The quantitative estimate of drug-likeness (QED) is 0.871. The topological polar surface area (TPSA) is 50.8 Å². The number of carbonyl (C=O) groups excluding carboxylic acids is 1. The SMILES string of the molecule is O=C(NC[C@H]1CCCO1)N1CCC(CCOc2ccccc2)CC1. The minimum Gasteiger partial charge on any atom is -0.494 e. The Kier molecular flexibility index (Phi) is 6.35. The smallest absolute Gasteiger partial charge is 0.317 e.